The standard InChI is InChI=1S/C25H23N3O6/c29-21-9-8-20(22(30)26-21)28-11-16-10-15(6-7-17(16)24(28)32)23(31)27-12-18(19(13-27)25(33)34)14-4-2-1-3-5-14/h1-7,10,18-20H,8-9,11-13H2,(H,33,34)(H,26,29,30)/t18-,19+,20?/m0/s1. The number of piperidine rings is 1. The molecule has 34 heavy (non-hydrogen) atoms. The molecule has 2 saturated heterocycles. The van der Waals surface area contributed by atoms with Crippen LogP contribution in [0.1, 0.15) is 50.6 Å². The third-order valence-corrected chi connectivity index (χ3v) is 6.92. The molecule has 2 aromatic carbocycles. The molecule has 174 valence electrons. The predicted octanol–water partition coefficient (Wildman–Crippen LogP) is 1.39. The third kappa shape index (κ3) is 3.72. The quantitative estimate of drug-likeness (QED) is 0.663. The first-order chi connectivity index (χ1) is 16.3. The Morgan fingerprint density at radius 1 is 1.00 bits per heavy atom. The smallest absolute Gasteiger partial charge is 0.308 e. The van der Waals surface area contributed by atoms with Gasteiger partial charge in [-0.3, -0.25) is 29.3 Å². The van der Waals surface area contributed by atoms with E-state index in [2.05, 4.69) is 5.32 Å². The van der Waals surface area contributed by atoms with Crippen LogP contribution < -0.4 is 5.32 Å². The lowest BCUT2D eigenvalue weighted by molar-refractivity contribution is -0.141. The van der Waals surface area contributed by atoms with Crippen molar-refractivity contribution in [3.63, 3.8) is 0 Å². The number of nitrogens with zero attached hydrogens (tertiary/aromatic N) is 2. The number of carboxylic acid groups (broad SMARTS) is 1. The maximum absolute atomic E-state index is 13.3. The number of aliphatic carboxylic acids is 1. The molecule has 0 aromatic heterocycles. The summed E-state index contributed by atoms with van der Waals surface area (Å²) >= 11 is 0. The summed E-state index contributed by atoms with van der Waals surface area (Å²) in [5.41, 5.74) is 2.31. The van der Waals surface area contributed by atoms with Crippen LogP contribution in [-0.2, 0) is 20.9 Å². The second kappa shape index (κ2) is 8.40. The normalized spacial score (nSPS) is 24.2. The Morgan fingerprint density at radius 3 is 2.47 bits per heavy atom. The van der Waals surface area contributed by atoms with Crippen LogP contribution in [0.5, 0.6) is 0 Å². The molecule has 3 atom stereocenters. The molecule has 3 aliphatic heterocycles. The highest BCUT2D eigenvalue weighted by Gasteiger charge is 2.42. The molecule has 0 aliphatic carbocycles. The summed E-state index contributed by atoms with van der Waals surface area (Å²) in [6.07, 6.45) is 0.434. The molecule has 1 unspecified atom stereocenters. The lowest BCUT2D eigenvalue weighted by Crippen LogP contribution is -2.52. The van der Waals surface area contributed by atoms with Crippen LogP contribution in [0.15, 0.2) is 48.5 Å². The second-order valence-corrected chi connectivity index (χ2v) is 8.94. The highest BCUT2D eigenvalue weighted by Crippen LogP contribution is 2.34. The van der Waals surface area contributed by atoms with Crippen molar-refractivity contribution in [2.24, 2.45) is 5.92 Å². The molecule has 4 amide bonds. The molecule has 9 heteroatoms. The average Bonchev–Trinajstić information content (AvgIpc) is 3.41. The topological polar surface area (TPSA) is 124 Å². The van der Waals surface area contributed by atoms with Gasteiger partial charge in [-0.2, -0.15) is 0 Å². The minimum atomic E-state index is -0.941. The van der Waals surface area contributed by atoms with Gasteiger partial charge >= 0.3 is 5.97 Å². The Hall–Kier alpha value is -4.01. The zero-order chi connectivity index (χ0) is 24.0. The monoisotopic (exact) mass is 461 g/mol. The molecule has 0 bridgehead atoms. The lowest BCUT2D eigenvalue weighted by Gasteiger charge is -2.29. The van der Waals surface area contributed by atoms with Gasteiger partial charge in [0.1, 0.15) is 6.04 Å². The maximum Gasteiger partial charge on any atom is 0.308 e. The zero-order valence-corrected chi connectivity index (χ0v) is 18.3. The van der Waals surface area contributed by atoms with Crippen LogP contribution in [0, 0.1) is 5.92 Å². The van der Waals surface area contributed by atoms with Gasteiger partial charge in [-0.05, 0) is 35.7 Å². The van der Waals surface area contributed by atoms with Gasteiger partial charge in [0.2, 0.25) is 11.8 Å². The summed E-state index contributed by atoms with van der Waals surface area (Å²) in [4.78, 5) is 64.7. The highest BCUT2D eigenvalue weighted by atomic mass is 16.4. The first kappa shape index (κ1) is 21.8. The zero-order valence-electron chi connectivity index (χ0n) is 18.3. The van der Waals surface area contributed by atoms with Crippen molar-refractivity contribution in [3.05, 3.63) is 70.8 Å². The van der Waals surface area contributed by atoms with E-state index in [0.717, 1.165) is 5.56 Å². The van der Waals surface area contributed by atoms with Crippen LogP contribution in [0.3, 0.4) is 0 Å². The second-order valence-electron chi connectivity index (χ2n) is 8.94. The number of imide groups is 1. The minimum absolute atomic E-state index is 0.103. The van der Waals surface area contributed by atoms with Gasteiger partial charge in [-0.1, -0.05) is 30.3 Å². The van der Waals surface area contributed by atoms with Gasteiger partial charge in [0.05, 0.1) is 5.92 Å². The highest BCUT2D eigenvalue weighted by molar-refractivity contribution is 6.06. The largest absolute Gasteiger partial charge is 0.481 e. The molecular formula is C25H23N3O6. The molecule has 2 N–H and O–H groups in total. The van der Waals surface area contributed by atoms with Crippen molar-refractivity contribution < 1.29 is 29.1 Å². The first-order valence-corrected chi connectivity index (χ1v) is 11.2. The van der Waals surface area contributed by atoms with Crippen molar-refractivity contribution in [3.8, 4) is 0 Å². The van der Waals surface area contributed by atoms with E-state index in [1.165, 1.54) is 4.90 Å². The maximum atomic E-state index is 13.3. The Balaban J connectivity index is 1.35. The van der Waals surface area contributed by atoms with Gasteiger partial charge < -0.3 is 14.9 Å². The Morgan fingerprint density at radius 2 is 1.76 bits per heavy atom. The van der Waals surface area contributed by atoms with Gasteiger partial charge in [0, 0.05) is 43.1 Å². The van der Waals surface area contributed by atoms with Crippen LogP contribution in [-0.4, -0.2) is 63.6 Å². The fourth-order valence-corrected chi connectivity index (χ4v) is 5.15. The van der Waals surface area contributed by atoms with Gasteiger partial charge in [0.15, 0.2) is 0 Å². The van der Waals surface area contributed by atoms with Crippen molar-refractivity contribution in [2.75, 3.05) is 13.1 Å². The molecular weight excluding hydrogens is 438 g/mol. The van der Waals surface area contributed by atoms with E-state index in [-0.39, 0.29) is 56.1 Å². The SMILES string of the molecule is O=C1CCC(N2Cc3cc(C(=O)N4C[C@@H](C(=O)O)[C@H](c5ccccc5)C4)ccc3C2=O)C(=O)N1. The van der Waals surface area contributed by atoms with Crippen molar-refractivity contribution in [1.29, 1.82) is 0 Å². The number of carbonyl (C=O) groups is 5. The fourth-order valence-electron chi connectivity index (χ4n) is 5.15. The number of fused-ring (bicyclic) bond motifs is 1. The van der Waals surface area contributed by atoms with Crippen LogP contribution in [0.2, 0.25) is 0 Å². The number of amides is 4. The number of likely N-dealkylation sites (tertiary alicyclic amines) is 1. The van der Waals surface area contributed by atoms with E-state index in [1.54, 1.807) is 23.1 Å². The number of rotatable bonds is 4. The van der Waals surface area contributed by atoms with Gasteiger partial charge in [-0.25, -0.2) is 0 Å². The average molecular weight is 461 g/mol. The van der Waals surface area contributed by atoms with Crippen molar-refractivity contribution >= 4 is 29.6 Å². The van der Waals surface area contributed by atoms with E-state index in [1.807, 2.05) is 30.3 Å². The van der Waals surface area contributed by atoms with E-state index < -0.39 is 23.8 Å². The molecule has 0 radical (unpaired) electrons. The lowest BCUT2D eigenvalue weighted by atomic mass is 9.89. The molecule has 9 nitrogen and oxygen atoms in total. The number of carboxylic acids is 1. The van der Waals surface area contributed by atoms with Gasteiger partial charge in [0.25, 0.3) is 11.8 Å². The molecule has 3 aliphatic rings. The van der Waals surface area contributed by atoms with E-state index >= 15 is 0 Å². The van der Waals surface area contributed by atoms with Crippen LogP contribution in [0.4, 0.5) is 0 Å². The number of carbonyl (C=O) groups excluding carboxylic acids is 4. The van der Waals surface area contributed by atoms with E-state index in [4.69, 9.17) is 0 Å². The van der Waals surface area contributed by atoms with Crippen LogP contribution >= 0.6 is 0 Å². The molecule has 2 fully saturated rings. The van der Waals surface area contributed by atoms with E-state index in [9.17, 15) is 29.1 Å². The Bertz CT molecular complexity index is 1210. The predicted molar refractivity (Wildman–Crippen MR) is 119 cm³/mol. The summed E-state index contributed by atoms with van der Waals surface area (Å²) in [5, 5.41) is 12.0. The Kier molecular flexibility index (Phi) is 5.39. The summed E-state index contributed by atoms with van der Waals surface area (Å²) in [6.45, 7) is 0.566. The van der Waals surface area contributed by atoms with Crippen molar-refractivity contribution in [1.82, 2.24) is 15.1 Å². The molecule has 5 rings (SSSR count). The first-order valence-electron chi connectivity index (χ1n) is 11.2. The Labute approximate surface area is 195 Å². The summed E-state index contributed by atoms with van der Waals surface area (Å²) in [6, 6.07) is 13.4. The summed E-state index contributed by atoms with van der Waals surface area (Å²) in [7, 11) is 0. The van der Waals surface area contributed by atoms with Crippen LogP contribution in [0.25, 0.3) is 0 Å². The van der Waals surface area contributed by atoms with E-state index in [0.29, 0.717) is 16.7 Å². The minimum Gasteiger partial charge on any atom is -0.481 e. The number of nitrogens with one attached hydrogen (secondary N) is 1. The molecule has 0 spiro atoms. The van der Waals surface area contributed by atoms with Crippen molar-refractivity contribution in [2.45, 2.75) is 31.3 Å². The third-order valence-electron chi connectivity index (χ3n) is 6.92. The number of benzene rings is 2. The number of hydrogen-bond acceptors (Lipinski definition) is 5. The summed E-state index contributed by atoms with van der Waals surface area (Å²) in [5.74, 6) is -3.38. The number of hydrogen-bond donors (Lipinski definition) is 2. The molecule has 0 saturated carbocycles. The molecule has 3 heterocycles. The van der Waals surface area contributed by atoms with Gasteiger partial charge in [-0.15, -0.1) is 0 Å². The summed E-state index contributed by atoms with van der Waals surface area (Å²) < 4.78 is 0. The fraction of sp³-hybridized carbons (Fsp3) is 0.320. The molecule has 2 aromatic rings.